The molecule has 2 aromatic heterocycles. The lowest BCUT2D eigenvalue weighted by atomic mass is 9.87. The van der Waals surface area contributed by atoms with Crippen LogP contribution in [0.5, 0.6) is 5.75 Å². The highest BCUT2D eigenvalue weighted by Gasteiger charge is 2.45. The van der Waals surface area contributed by atoms with Gasteiger partial charge in [0.05, 0.1) is 67.9 Å². The van der Waals surface area contributed by atoms with Gasteiger partial charge in [0.15, 0.2) is 0 Å². The Bertz CT molecular complexity index is 2930. The second kappa shape index (κ2) is 20.9. The van der Waals surface area contributed by atoms with Crippen molar-refractivity contribution >= 4 is 75.6 Å². The average molecular weight is 966 g/mol. The molecule has 20 heteroatoms. The van der Waals surface area contributed by atoms with Gasteiger partial charge in [-0.15, -0.1) is 0 Å². The lowest BCUT2D eigenvalue weighted by Crippen LogP contribution is -2.54. The number of hydrogen-bond acceptors (Lipinski definition) is 15. The molecule has 3 aromatic carbocycles. The van der Waals surface area contributed by atoms with Crippen LogP contribution in [0.15, 0.2) is 91.4 Å². The molecule has 9 rings (SSSR count). The summed E-state index contributed by atoms with van der Waals surface area (Å²) in [5.74, 6) is -1.65. The van der Waals surface area contributed by atoms with E-state index in [1.165, 1.54) is 12.3 Å². The van der Waals surface area contributed by atoms with E-state index in [-0.39, 0.29) is 81.3 Å². The van der Waals surface area contributed by atoms with Gasteiger partial charge in [-0.1, -0.05) is 6.07 Å². The standard InChI is InChI=1S/C51H51N9O11/c1-51(2)38-25-42(54-28-37(38)35-13-12-34(24-41(35)71-51)59-17-4-7-45(59)63)55-32-23-33(27-52-26-32)57-47(64)30-8-10-31(11-9-30)56-44(62)29-70-22-21-69-20-19-68-18-16-53-39-6-3-5-36-46(39)50(67)60(49(36)66)40-14-15-43(61)58-48(40)65/h3,5-6,8-13,23-28,40,53H,4,7,14-22,29H2,1-2H3,(H,54,55)(H,56,62)(H,57,64)(H,58,61,65). The lowest BCUT2D eigenvalue weighted by Gasteiger charge is -2.35. The molecule has 5 N–H and O–H groups in total. The van der Waals surface area contributed by atoms with E-state index in [9.17, 15) is 33.6 Å². The largest absolute Gasteiger partial charge is 0.482 e. The molecular weight excluding hydrogens is 915 g/mol. The third-order valence-electron chi connectivity index (χ3n) is 12.3. The number of amides is 7. The summed E-state index contributed by atoms with van der Waals surface area (Å²) in [6.07, 6.45) is 6.47. The number of pyridine rings is 2. The van der Waals surface area contributed by atoms with Crippen molar-refractivity contribution < 1.29 is 52.5 Å². The molecule has 0 aliphatic carbocycles. The zero-order chi connectivity index (χ0) is 49.6. The Morgan fingerprint density at radius 1 is 0.789 bits per heavy atom. The molecule has 0 saturated carbocycles. The second-order valence-corrected chi connectivity index (χ2v) is 17.6. The molecule has 4 aliphatic rings. The first-order valence-corrected chi connectivity index (χ1v) is 23.2. The van der Waals surface area contributed by atoms with Crippen molar-refractivity contribution in [2.45, 2.75) is 51.2 Å². The molecule has 20 nitrogen and oxygen atoms in total. The number of piperidine rings is 1. The van der Waals surface area contributed by atoms with Crippen molar-refractivity contribution in [2.24, 2.45) is 0 Å². The Kier molecular flexibility index (Phi) is 14.1. The number of imide groups is 2. The van der Waals surface area contributed by atoms with E-state index in [0.717, 1.165) is 33.7 Å². The molecule has 366 valence electrons. The number of ether oxygens (including phenoxy) is 4. The maximum Gasteiger partial charge on any atom is 0.264 e. The van der Waals surface area contributed by atoms with Gasteiger partial charge in [-0.25, -0.2) is 4.98 Å². The molecule has 1 unspecified atom stereocenters. The van der Waals surface area contributed by atoms with E-state index in [2.05, 4.69) is 36.6 Å². The van der Waals surface area contributed by atoms with Crippen LogP contribution in [0.3, 0.4) is 0 Å². The normalized spacial score (nSPS) is 16.7. The molecule has 4 aliphatic heterocycles. The number of nitrogens with one attached hydrogen (secondary N) is 5. The van der Waals surface area contributed by atoms with Gasteiger partial charge in [0, 0.05) is 77.5 Å². The predicted molar refractivity (Wildman–Crippen MR) is 260 cm³/mol. The summed E-state index contributed by atoms with van der Waals surface area (Å²) in [5, 5.41) is 14.2. The predicted octanol–water partition coefficient (Wildman–Crippen LogP) is 5.40. The third-order valence-corrected chi connectivity index (χ3v) is 12.3. The number of aromatic nitrogens is 2. The molecule has 2 saturated heterocycles. The topological polar surface area (TPSA) is 249 Å². The number of anilines is 6. The molecule has 1 atom stereocenters. The minimum absolute atomic E-state index is 0.0396. The molecule has 6 heterocycles. The number of carbonyl (C=O) groups excluding carboxylic acids is 7. The first kappa shape index (κ1) is 48.0. The van der Waals surface area contributed by atoms with Crippen molar-refractivity contribution in [3.8, 4) is 16.9 Å². The Labute approximate surface area is 407 Å². The Morgan fingerprint density at radius 3 is 2.34 bits per heavy atom. The van der Waals surface area contributed by atoms with Gasteiger partial charge in [-0.05, 0) is 87.4 Å². The molecule has 0 spiro atoms. The maximum absolute atomic E-state index is 13.2. The van der Waals surface area contributed by atoms with Crippen LogP contribution in [0.1, 0.15) is 76.2 Å². The Morgan fingerprint density at radius 2 is 1.56 bits per heavy atom. The lowest BCUT2D eigenvalue weighted by molar-refractivity contribution is -0.136. The molecule has 0 radical (unpaired) electrons. The fourth-order valence-electron chi connectivity index (χ4n) is 8.83. The molecule has 5 aromatic rings. The summed E-state index contributed by atoms with van der Waals surface area (Å²) < 4.78 is 23.1. The van der Waals surface area contributed by atoms with Gasteiger partial charge in [-0.2, -0.15) is 0 Å². The van der Waals surface area contributed by atoms with Crippen LogP contribution in [0.2, 0.25) is 0 Å². The van der Waals surface area contributed by atoms with Crippen molar-refractivity contribution in [3.05, 3.63) is 114 Å². The Hall–Kier alpha value is -8.07. The maximum atomic E-state index is 13.2. The number of benzene rings is 3. The monoisotopic (exact) mass is 965 g/mol. The Balaban J connectivity index is 0.658. The zero-order valence-corrected chi connectivity index (χ0v) is 39.0. The van der Waals surface area contributed by atoms with Crippen molar-refractivity contribution in [2.75, 3.05) is 78.9 Å². The van der Waals surface area contributed by atoms with Crippen LogP contribution < -0.4 is 36.2 Å². The van der Waals surface area contributed by atoms with Gasteiger partial charge in [0.2, 0.25) is 23.6 Å². The minimum Gasteiger partial charge on any atom is -0.482 e. The van der Waals surface area contributed by atoms with Gasteiger partial charge < -0.3 is 45.1 Å². The van der Waals surface area contributed by atoms with Gasteiger partial charge in [0.1, 0.15) is 29.8 Å². The fraction of sp³-hybridized carbons (Fsp3) is 0.314. The molecule has 2 fully saturated rings. The van der Waals surface area contributed by atoms with Crippen molar-refractivity contribution in [3.63, 3.8) is 0 Å². The first-order chi connectivity index (χ1) is 34.3. The van der Waals surface area contributed by atoms with E-state index >= 15 is 0 Å². The van der Waals surface area contributed by atoms with E-state index in [4.69, 9.17) is 18.9 Å². The minimum atomic E-state index is -1.05. The van der Waals surface area contributed by atoms with Gasteiger partial charge in [0.25, 0.3) is 17.7 Å². The summed E-state index contributed by atoms with van der Waals surface area (Å²) >= 11 is 0. The van der Waals surface area contributed by atoms with Crippen LogP contribution in [-0.4, -0.2) is 115 Å². The van der Waals surface area contributed by atoms with E-state index in [1.54, 1.807) is 59.8 Å². The molecule has 71 heavy (non-hydrogen) atoms. The summed E-state index contributed by atoms with van der Waals surface area (Å²) in [7, 11) is 0. The average Bonchev–Trinajstić information content (AvgIpc) is 3.89. The number of carbonyl (C=O) groups is 7. The first-order valence-electron chi connectivity index (χ1n) is 23.2. The van der Waals surface area contributed by atoms with Crippen LogP contribution in [0, 0.1) is 0 Å². The summed E-state index contributed by atoms with van der Waals surface area (Å²) in [4.78, 5) is 100. The SMILES string of the molecule is CC1(C)Oc2cc(N3CCCC3=O)ccc2-c2cnc(Nc3cncc(NC(=O)c4ccc(NC(=O)COCCOCCOCCNc5cccc6c5C(=O)N(C5CCC(=O)NC5=O)C6=O)cc4)c3)cc21. The van der Waals surface area contributed by atoms with Gasteiger partial charge >= 0.3 is 0 Å². The number of fused-ring (bicyclic) bond motifs is 4. The van der Waals surface area contributed by atoms with Crippen LogP contribution in [0.4, 0.5) is 34.3 Å². The van der Waals surface area contributed by atoms with Crippen LogP contribution >= 0.6 is 0 Å². The van der Waals surface area contributed by atoms with E-state index in [0.29, 0.717) is 59.4 Å². The molecule has 7 amide bonds. The molecular formula is C51H51N9O11. The summed E-state index contributed by atoms with van der Waals surface area (Å²) in [6.45, 7) is 6.00. The van der Waals surface area contributed by atoms with Crippen LogP contribution in [-0.2, 0) is 39.0 Å². The van der Waals surface area contributed by atoms with Crippen LogP contribution in [0.25, 0.3) is 11.1 Å². The zero-order valence-electron chi connectivity index (χ0n) is 39.0. The number of rotatable bonds is 19. The fourth-order valence-corrected chi connectivity index (χ4v) is 8.83. The van der Waals surface area contributed by atoms with Crippen molar-refractivity contribution in [1.29, 1.82) is 0 Å². The van der Waals surface area contributed by atoms with E-state index in [1.807, 2.05) is 38.1 Å². The highest BCUT2D eigenvalue weighted by atomic mass is 16.5. The summed E-state index contributed by atoms with van der Waals surface area (Å²) in [5.41, 5.74) is 5.60. The molecule has 0 bridgehead atoms. The van der Waals surface area contributed by atoms with E-state index < -0.39 is 35.3 Å². The third kappa shape index (κ3) is 10.7. The quantitative estimate of drug-likeness (QED) is 0.0514. The van der Waals surface area contributed by atoms with Gasteiger partial charge in [-0.3, -0.25) is 48.8 Å². The number of nitrogens with zero attached hydrogens (tertiary/aromatic N) is 4. The second-order valence-electron chi connectivity index (χ2n) is 17.6. The highest BCUT2D eigenvalue weighted by Crippen LogP contribution is 2.47. The van der Waals surface area contributed by atoms with Crippen molar-refractivity contribution in [1.82, 2.24) is 20.2 Å². The highest BCUT2D eigenvalue weighted by molar-refractivity contribution is 6.25. The number of hydrogen-bond donors (Lipinski definition) is 5. The smallest absolute Gasteiger partial charge is 0.264 e. The summed E-state index contributed by atoms with van der Waals surface area (Å²) in [6, 6.07) is 19.7.